The molecule has 0 bridgehead atoms. The lowest BCUT2D eigenvalue weighted by Gasteiger charge is -2.17. The second-order valence-corrected chi connectivity index (χ2v) is 8.94. The molecule has 0 N–H and O–H groups in total. The van der Waals surface area contributed by atoms with Gasteiger partial charge in [0.2, 0.25) is 5.69 Å². The highest BCUT2D eigenvalue weighted by atomic mass is 19.1. The lowest BCUT2D eigenvalue weighted by Crippen LogP contribution is -2.35. The Labute approximate surface area is 179 Å². The van der Waals surface area contributed by atoms with E-state index in [4.69, 9.17) is 1.37 Å². The van der Waals surface area contributed by atoms with E-state index in [9.17, 15) is 0 Å². The molecule has 0 unspecified atom stereocenters. The van der Waals surface area contributed by atoms with Crippen LogP contribution in [0.1, 0.15) is 55.4 Å². The van der Waals surface area contributed by atoms with Crippen molar-refractivity contribution in [1.29, 1.82) is 0 Å². The molecule has 0 radical (unpaired) electrons. The summed E-state index contributed by atoms with van der Waals surface area (Å²) in [6, 6.07) is 14.5. The number of pyridine rings is 1. The molecule has 1 heterocycles. The molecule has 1 aliphatic carbocycles. The number of rotatable bonds is 2. The molecular formula is C28H29FN+. The van der Waals surface area contributed by atoms with E-state index in [1.807, 2.05) is 32.2 Å². The van der Waals surface area contributed by atoms with Gasteiger partial charge in [0.1, 0.15) is 12.9 Å². The first-order valence-corrected chi connectivity index (χ1v) is 11.0. The smallest absolute Gasteiger partial charge is 0.206 e. The maximum atomic E-state index is 15.4. The minimum Gasteiger partial charge on any atom is -0.206 e. The van der Waals surface area contributed by atoms with Gasteiger partial charge in [0, 0.05) is 18.4 Å². The Morgan fingerprint density at radius 3 is 2.50 bits per heavy atom. The first kappa shape index (κ1) is 18.1. The summed E-state index contributed by atoms with van der Waals surface area (Å²) in [5.41, 5.74) is 6.86. The zero-order valence-electron chi connectivity index (χ0n) is 19.3. The summed E-state index contributed by atoms with van der Waals surface area (Å²) in [4.78, 5) is 0. The maximum Gasteiger partial charge on any atom is 0.221 e. The highest BCUT2D eigenvalue weighted by molar-refractivity contribution is 6.13. The van der Waals surface area contributed by atoms with Gasteiger partial charge in [-0.3, -0.25) is 0 Å². The third-order valence-corrected chi connectivity index (χ3v) is 7.15. The van der Waals surface area contributed by atoms with Crippen molar-refractivity contribution >= 4 is 21.5 Å². The number of hydrogen-bond donors (Lipinski definition) is 0. The predicted octanol–water partition coefficient (Wildman–Crippen LogP) is 7.21. The number of halogens is 1. The Hall–Kier alpha value is -2.74. The van der Waals surface area contributed by atoms with Crippen LogP contribution in [0.4, 0.5) is 4.39 Å². The van der Waals surface area contributed by atoms with E-state index in [1.54, 1.807) is 6.07 Å². The van der Waals surface area contributed by atoms with Crippen LogP contribution in [-0.4, -0.2) is 0 Å². The van der Waals surface area contributed by atoms with Gasteiger partial charge in [0.15, 0.2) is 5.69 Å². The van der Waals surface area contributed by atoms with Gasteiger partial charge in [-0.2, -0.15) is 4.57 Å². The number of fused-ring (bicyclic) bond motifs is 3. The van der Waals surface area contributed by atoms with Crippen LogP contribution in [0.2, 0.25) is 0 Å². The fourth-order valence-electron chi connectivity index (χ4n) is 5.23. The van der Waals surface area contributed by atoms with Crippen LogP contribution in [0, 0.1) is 26.6 Å². The van der Waals surface area contributed by atoms with Crippen molar-refractivity contribution in [1.82, 2.24) is 0 Å². The maximum absolute atomic E-state index is 15.4. The average molecular weight is 400 g/mol. The Bertz CT molecular complexity index is 1350. The molecule has 1 aromatic heterocycles. The highest BCUT2D eigenvalue weighted by Gasteiger charge is 2.26. The second-order valence-electron chi connectivity index (χ2n) is 8.94. The predicted molar refractivity (Wildman–Crippen MR) is 123 cm³/mol. The van der Waals surface area contributed by atoms with Gasteiger partial charge in [-0.15, -0.1) is 0 Å². The van der Waals surface area contributed by atoms with Crippen LogP contribution in [-0.2, 0) is 7.05 Å². The summed E-state index contributed by atoms with van der Waals surface area (Å²) >= 11 is 0. The topological polar surface area (TPSA) is 3.88 Å². The van der Waals surface area contributed by atoms with E-state index in [2.05, 4.69) is 36.6 Å². The molecule has 2 heteroatoms. The van der Waals surface area contributed by atoms with Gasteiger partial charge in [-0.05, 0) is 72.2 Å². The number of nitrogens with zero attached hydrogens (tertiary/aromatic N) is 1. The first-order chi connectivity index (χ1) is 14.9. The molecule has 4 aromatic rings. The van der Waals surface area contributed by atoms with Gasteiger partial charge in [-0.25, -0.2) is 4.39 Å². The third-order valence-electron chi connectivity index (χ3n) is 7.15. The van der Waals surface area contributed by atoms with Crippen molar-refractivity contribution in [2.24, 2.45) is 7.05 Å². The first-order valence-electron chi connectivity index (χ1n) is 11.5. The lowest BCUT2D eigenvalue weighted by molar-refractivity contribution is -0.665. The SMILES string of the molecule is [2H]c1c(C)[n+](C)c(-c2cc(C3CCCC3)cc(C)c2C)c2c1c(F)cc1ccccc12. The van der Waals surface area contributed by atoms with E-state index in [0.717, 1.165) is 33.1 Å². The molecule has 1 fully saturated rings. The molecule has 1 saturated carbocycles. The molecule has 1 nitrogen and oxygen atoms in total. The van der Waals surface area contributed by atoms with Gasteiger partial charge >= 0.3 is 0 Å². The molecule has 0 saturated heterocycles. The van der Waals surface area contributed by atoms with Crippen LogP contribution in [0.15, 0.2) is 48.5 Å². The lowest BCUT2D eigenvalue weighted by atomic mass is 9.88. The molecule has 0 atom stereocenters. The van der Waals surface area contributed by atoms with Crippen molar-refractivity contribution in [3.8, 4) is 11.3 Å². The Morgan fingerprint density at radius 2 is 1.73 bits per heavy atom. The Kier molecular flexibility index (Phi) is 4.33. The van der Waals surface area contributed by atoms with Gasteiger partial charge < -0.3 is 0 Å². The minimum atomic E-state index is -0.315. The normalized spacial score (nSPS) is 15.3. The van der Waals surface area contributed by atoms with Gasteiger partial charge in [0.25, 0.3) is 0 Å². The van der Waals surface area contributed by atoms with Crippen LogP contribution >= 0.6 is 0 Å². The molecule has 0 spiro atoms. The standard InChI is InChI=1S/C28H29FN/c1-17-13-22(20-9-5-6-10-20)15-24(19(17)3)28-27-23-12-8-7-11-21(23)16-26(29)25(27)14-18(2)30(28)4/h7-8,11-16,20H,5-6,9-10H2,1-4H3/q+1/i14D. The highest BCUT2D eigenvalue weighted by Crippen LogP contribution is 2.40. The van der Waals surface area contributed by atoms with E-state index >= 15 is 4.39 Å². The monoisotopic (exact) mass is 399 g/mol. The van der Waals surface area contributed by atoms with E-state index in [0.29, 0.717) is 11.3 Å². The Morgan fingerprint density at radius 1 is 1.00 bits per heavy atom. The summed E-state index contributed by atoms with van der Waals surface area (Å²) in [7, 11) is 2.01. The zero-order chi connectivity index (χ0) is 21.9. The van der Waals surface area contributed by atoms with E-state index < -0.39 is 0 Å². The third kappa shape index (κ3) is 2.93. The van der Waals surface area contributed by atoms with Crippen molar-refractivity contribution in [2.45, 2.75) is 52.4 Å². The van der Waals surface area contributed by atoms with Crippen LogP contribution < -0.4 is 4.57 Å². The van der Waals surface area contributed by atoms with Crippen molar-refractivity contribution in [3.05, 3.63) is 76.7 Å². The largest absolute Gasteiger partial charge is 0.221 e. The van der Waals surface area contributed by atoms with Gasteiger partial charge in [0.05, 0.1) is 12.3 Å². The molecule has 0 aliphatic heterocycles. The molecule has 3 aromatic carbocycles. The molecule has 1 aliphatic rings. The average Bonchev–Trinajstić information content (AvgIpc) is 3.29. The second kappa shape index (κ2) is 7.19. The molecule has 152 valence electrons. The molecular weight excluding hydrogens is 369 g/mol. The fraction of sp³-hybridized carbons (Fsp3) is 0.321. The summed E-state index contributed by atoms with van der Waals surface area (Å²) < 4.78 is 26.2. The van der Waals surface area contributed by atoms with Crippen LogP contribution in [0.3, 0.4) is 0 Å². The number of hydrogen-bond acceptors (Lipinski definition) is 0. The Balaban J connectivity index is 1.96. The van der Waals surface area contributed by atoms with Crippen LogP contribution in [0.25, 0.3) is 32.8 Å². The number of aryl methyl sites for hydroxylation is 1. The molecule has 30 heavy (non-hydrogen) atoms. The van der Waals surface area contributed by atoms with Crippen molar-refractivity contribution in [2.75, 3.05) is 0 Å². The summed E-state index contributed by atoms with van der Waals surface area (Å²) in [6.07, 6.45) is 5.09. The molecule has 0 amide bonds. The zero-order valence-corrected chi connectivity index (χ0v) is 18.3. The molecule has 5 rings (SSSR count). The quantitative estimate of drug-likeness (QED) is 0.248. The fourth-order valence-corrected chi connectivity index (χ4v) is 5.23. The summed E-state index contributed by atoms with van der Waals surface area (Å²) in [5, 5.41) is 3.15. The van der Waals surface area contributed by atoms with Crippen LogP contribution in [0.5, 0.6) is 0 Å². The van der Waals surface area contributed by atoms with Gasteiger partial charge in [-0.1, -0.05) is 43.2 Å². The van der Waals surface area contributed by atoms with E-state index in [-0.39, 0.29) is 11.9 Å². The summed E-state index contributed by atoms with van der Waals surface area (Å²) in [6.45, 7) is 6.27. The van der Waals surface area contributed by atoms with Crippen molar-refractivity contribution in [3.63, 3.8) is 0 Å². The van der Waals surface area contributed by atoms with E-state index in [1.165, 1.54) is 42.4 Å². The number of benzene rings is 3. The van der Waals surface area contributed by atoms with Crippen molar-refractivity contribution < 1.29 is 10.3 Å². The minimum absolute atomic E-state index is 0.269. The number of aromatic nitrogens is 1. The summed E-state index contributed by atoms with van der Waals surface area (Å²) in [5.74, 6) is 0.296.